The molecule has 0 atom stereocenters. The lowest BCUT2D eigenvalue weighted by atomic mass is 10.1. The number of rotatable bonds is 7. The molecular weight excluding hydrogens is 240 g/mol. The van der Waals surface area contributed by atoms with Crippen LogP contribution in [-0.2, 0) is 6.54 Å². The van der Waals surface area contributed by atoms with Crippen molar-refractivity contribution in [3.8, 4) is 0 Å². The Hall–Kier alpha value is -1.52. The van der Waals surface area contributed by atoms with Gasteiger partial charge in [0.05, 0.1) is 5.69 Å². The fourth-order valence-corrected chi connectivity index (χ4v) is 1.56. The van der Waals surface area contributed by atoms with E-state index in [9.17, 15) is 0 Å². The Labute approximate surface area is 115 Å². The maximum absolute atomic E-state index is 5.27. The number of hydrogen-bond donors (Lipinski definition) is 2. The normalized spacial score (nSPS) is 11.9. The van der Waals surface area contributed by atoms with Crippen molar-refractivity contribution in [1.29, 1.82) is 0 Å². The van der Waals surface area contributed by atoms with Gasteiger partial charge in [0, 0.05) is 19.2 Å². The van der Waals surface area contributed by atoms with E-state index in [0.29, 0.717) is 12.5 Å². The van der Waals surface area contributed by atoms with Crippen molar-refractivity contribution in [3.05, 3.63) is 17.5 Å². The van der Waals surface area contributed by atoms with Gasteiger partial charge in [0.25, 0.3) is 0 Å². The molecule has 0 aliphatic rings. The summed E-state index contributed by atoms with van der Waals surface area (Å²) in [7, 11) is 0. The summed E-state index contributed by atoms with van der Waals surface area (Å²) < 4.78 is 5.27. The van der Waals surface area contributed by atoms with Crippen molar-refractivity contribution < 1.29 is 4.52 Å². The van der Waals surface area contributed by atoms with Gasteiger partial charge in [-0.2, -0.15) is 0 Å². The second kappa shape index (κ2) is 8.56. The molecule has 1 aromatic rings. The second-order valence-electron chi connectivity index (χ2n) is 4.85. The maximum atomic E-state index is 5.27. The van der Waals surface area contributed by atoms with Crippen molar-refractivity contribution in [2.75, 3.05) is 13.1 Å². The van der Waals surface area contributed by atoms with Crippen molar-refractivity contribution in [3.63, 3.8) is 0 Å². The number of unbranched alkanes of at least 4 members (excludes halogenated alkanes) is 1. The Morgan fingerprint density at radius 1 is 1.37 bits per heavy atom. The molecule has 0 amide bonds. The SMILES string of the molecule is CCCCNC(=NCc1cc(C(C)C)no1)NCC. The molecule has 0 aliphatic carbocycles. The van der Waals surface area contributed by atoms with Gasteiger partial charge in [-0.05, 0) is 19.3 Å². The average Bonchev–Trinajstić information content (AvgIpc) is 2.85. The molecule has 5 nitrogen and oxygen atoms in total. The van der Waals surface area contributed by atoms with Crippen LogP contribution in [0.2, 0.25) is 0 Å². The molecular formula is C14H26N4O. The van der Waals surface area contributed by atoms with Gasteiger partial charge in [-0.25, -0.2) is 4.99 Å². The number of nitrogens with zero attached hydrogens (tertiary/aromatic N) is 2. The molecule has 0 bridgehead atoms. The highest BCUT2D eigenvalue weighted by molar-refractivity contribution is 5.79. The zero-order valence-corrected chi connectivity index (χ0v) is 12.5. The predicted octanol–water partition coefficient (Wildman–Crippen LogP) is 2.65. The van der Waals surface area contributed by atoms with Gasteiger partial charge in [0.1, 0.15) is 6.54 Å². The summed E-state index contributed by atoms with van der Waals surface area (Å²) in [6.07, 6.45) is 2.32. The average molecular weight is 266 g/mol. The summed E-state index contributed by atoms with van der Waals surface area (Å²) in [4.78, 5) is 4.49. The topological polar surface area (TPSA) is 62.5 Å². The summed E-state index contributed by atoms with van der Waals surface area (Å²) >= 11 is 0. The van der Waals surface area contributed by atoms with Crippen molar-refractivity contribution >= 4 is 5.96 Å². The second-order valence-corrected chi connectivity index (χ2v) is 4.85. The highest BCUT2D eigenvalue weighted by Crippen LogP contribution is 2.14. The van der Waals surface area contributed by atoms with Crippen LogP contribution in [0.3, 0.4) is 0 Å². The molecule has 0 unspecified atom stereocenters. The first-order valence-electron chi connectivity index (χ1n) is 7.15. The van der Waals surface area contributed by atoms with Gasteiger partial charge >= 0.3 is 0 Å². The van der Waals surface area contributed by atoms with E-state index in [1.807, 2.05) is 6.07 Å². The van der Waals surface area contributed by atoms with Gasteiger partial charge in [-0.1, -0.05) is 32.3 Å². The van der Waals surface area contributed by atoms with E-state index in [2.05, 4.69) is 48.5 Å². The van der Waals surface area contributed by atoms with E-state index in [-0.39, 0.29) is 0 Å². The lowest BCUT2D eigenvalue weighted by Gasteiger charge is -2.09. The standard InChI is InChI=1S/C14H26N4O/c1-5-7-8-16-14(15-6-2)17-10-12-9-13(11(3)4)18-19-12/h9,11H,5-8,10H2,1-4H3,(H2,15,16,17). The van der Waals surface area contributed by atoms with Crippen LogP contribution in [-0.4, -0.2) is 24.2 Å². The lowest BCUT2D eigenvalue weighted by molar-refractivity contribution is 0.376. The number of nitrogens with one attached hydrogen (secondary N) is 2. The van der Waals surface area contributed by atoms with E-state index in [1.54, 1.807) is 0 Å². The van der Waals surface area contributed by atoms with E-state index in [4.69, 9.17) is 4.52 Å². The molecule has 0 saturated carbocycles. The van der Waals surface area contributed by atoms with Gasteiger partial charge in [-0.3, -0.25) is 0 Å². The first-order chi connectivity index (χ1) is 9.17. The molecule has 108 valence electrons. The molecule has 0 radical (unpaired) electrons. The Kier molecular flexibility index (Phi) is 7.00. The number of aromatic nitrogens is 1. The molecule has 0 aliphatic heterocycles. The van der Waals surface area contributed by atoms with Crippen molar-refractivity contribution in [1.82, 2.24) is 15.8 Å². The smallest absolute Gasteiger partial charge is 0.191 e. The summed E-state index contributed by atoms with van der Waals surface area (Å²) in [5.41, 5.74) is 0.981. The Balaban J connectivity index is 2.52. The molecule has 0 aromatic carbocycles. The van der Waals surface area contributed by atoms with E-state index in [0.717, 1.165) is 36.9 Å². The van der Waals surface area contributed by atoms with Crippen molar-refractivity contribution in [2.24, 2.45) is 4.99 Å². The first kappa shape index (κ1) is 15.5. The van der Waals surface area contributed by atoms with Crippen LogP contribution >= 0.6 is 0 Å². The van der Waals surface area contributed by atoms with Gasteiger partial charge in [0.15, 0.2) is 11.7 Å². The Bertz CT molecular complexity index is 385. The minimum atomic E-state index is 0.386. The molecule has 1 aromatic heterocycles. The molecule has 0 spiro atoms. The zero-order chi connectivity index (χ0) is 14.1. The van der Waals surface area contributed by atoms with Crippen LogP contribution in [0.4, 0.5) is 0 Å². The lowest BCUT2D eigenvalue weighted by Crippen LogP contribution is -2.37. The monoisotopic (exact) mass is 266 g/mol. The van der Waals surface area contributed by atoms with Crippen molar-refractivity contribution in [2.45, 2.75) is 53.0 Å². The van der Waals surface area contributed by atoms with Gasteiger partial charge < -0.3 is 15.2 Å². The fraction of sp³-hybridized carbons (Fsp3) is 0.714. The summed E-state index contributed by atoms with van der Waals surface area (Å²) in [5, 5.41) is 10.5. The number of hydrogen-bond acceptors (Lipinski definition) is 3. The van der Waals surface area contributed by atoms with Crippen LogP contribution < -0.4 is 10.6 Å². The summed E-state index contributed by atoms with van der Waals surface area (Å²) in [5.74, 6) is 2.02. The predicted molar refractivity (Wildman–Crippen MR) is 78.3 cm³/mol. The van der Waals surface area contributed by atoms with Gasteiger partial charge in [0.2, 0.25) is 0 Å². The maximum Gasteiger partial charge on any atom is 0.191 e. The molecule has 1 heterocycles. The molecule has 19 heavy (non-hydrogen) atoms. The van der Waals surface area contributed by atoms with Crippen LogP contribution in [0.15, 0.2) is 15.6 Å². The Morgan fingerprint density at radius 3 is 2.74 bits per heavy atom. The fourth-order valence-electron chi connectivity index (χ4n) is 1.56. The molecule has 5 heteroatoms. The highest BCUT2D eigenvalue weighted by atomic mass is 16.5. The molecule has 1 rings (SSSR count). The quantitative estimate of drug-likeness (QED) is 0.452. The molecule has 0 saturated heterocycles. The highest BCUT2D eigenvalue weighted by Gasteiger charge is 2.07. The summed E-state index contributed by atoms with van der Waals surface area (Å²) in [6.45, 7) is 10.7. The third-order valence-corrected chi connectivity index (χ3v) is 2.73. The minimum Gasteiger partial charge on any atom is -0.359 e. The van der Waals surface area contributed by atoms with Gasteiger partial charge in [-0.15, -0.1) is 0 Å². The largest absolute Gasteiger partial charge is 0.359 e. The van der Waals surface area contributed by atoms with Crippen LogP contribution in [0.25, 0.3) is 0 Å². The Morgan fingerprint density at radius 2 is 2.16 bits per heavy atom. The van der Waals surface area contributed by atoms with E-state index < -0.39 is 0 Å². The molecule has 2 N–H and O–H groups in total. The summed E-state index contributed by atoms with van der Waals surface area (Å²) in [6, 6.07) is 1.98. The van der Waals surface area contributed by atoms with Crippen LogP contribution in [0.5, 0.6) is 0 Å². The number of guanidine groups is 1. The number of aliphatic imine (C=N–C) groups is 1. The zero-order valence-electron chi connectivity index (χ0n) is 12.5. The first-order valence-corrected chi connectivity index (χ1v) is 7.15. The minimum absolute atomic E-state index is 0.386. The van der Waals surface area contributed by atoms with E-state index in [1.165, 1.54) is 6.42 Å². The third-order valence-electron chi connectivity index (χ3n) is 2.73. The molecule has 0 fully saturated rings. The third kappa shape index (κ3) is 5.77. The van der Waals surface area contributed by atoms with Crippen LogP contribution in [0, 0.1) is 0 Å². The van der Waals surface area contributed by atoms with Crippen LogP contribution in [0.1, 0.15) is 57.9 Å². The van der Waals surface area contributed by atoms with E-state index >= 15 is 0 Å².